The number of anilines is 1. The second-order valence-corrected chi connectivity index (χ2v) is 10.9. The molecule has 4 heteroatoms. The van der Waals surface area contributed by atoms with Crippen molar-refractivity contribution in [1.29, 1.82) is 0 Å². The van der Waals surface area contributed by atoms with E-state index in [1.54, 1.807) is 11.8 Å². The van der Waals surface area contributed by atoms with Crippen LogP contribution >= 0.6 is 11.8 Å². The van der Waals surface area contributed by atoms with E-state index in [1.807, 2.05) is 0 Å². The van der Waals surface area contributed by atoms with Gasteiger partial charge in [-0.2, -0.15) is 0 Å². The summed E-state index contributed by atoms with van der Waals surface area (Å²) in [5, 5.41) is 3.47. The summed E-state index contributed by atoms with van der Waals surface area (Å²) in [6.07, 6.45) is 7.47. The molecule has 2 aliphatic rings. The number of rotatable bonds is 11. The number of piperidine rings is 1. The number of allylic oxidation sites excluding steroid dienone is 2. The van der Waals surface area contributed by atoms with Crippen molar-refractivity contribution < 1.29 is 4.39 Å². The first-order valence-electron chi connectivity index (χ1n) is 12.5. The van der Waals surface area contributed by atoms with Crippen LogP contribution in [0.1, 0.15) is 64.0 Å². The van der Waals surface area contributed by atoms with Gasteiger partial charge in [0.2, 0.25) is 0 Å². The smallest absolute Gasteiger partial charge is 0.103 e. The summed E-state index contributed by atoms with van der Waals surface area (Å²) in [6, 6.07) is 6.59. The van der Waals surface area contributed by atoms with Crippen molar-refractivity contribution in [1.82, 2.24) is 4.90 Å². The molecule has 0 amide bonds. The van der Waals surface area contributed by atoms with Gasteiger partial charge < -0.3 is 5.32 Å². The average Bonchev–Trinajstić information content (AvgIpc) is 2.78. The third-order valence-electron chi connectivity index (χ3n) is 6.93. The van der Waals surface area contributed by atoms with Crippen molar-refractivity contribution in [2.45, 2.75) is 65.5 Å². The maximum Gasteiger partial charge on any atom is 0.103 e. The molecular formula is C29H41FN2S. The summed E-state index contributed by atoms with van der Waals surface area (Å²) >= 11 is 1.77. The summed E-state index contributed by atoms with van der Waals surface area (Å²) in [5.41, 5.74) is 5.97. The largest absolute Gasteiger partial charge is 0.358 e. The summed E-state index contributed by atoms with van der Waals surface area (Å²) in [7, 11) is 0. The highest BCUT2D eigenvalue weighted by Crippen LogP contribution is 2.42. The Kier molecular flexibility index (Phi) is 9.46. The van der Waals surface area contributed by atoms with Crippen molar-refractivity contribution in [2.75, 3.05) is 25.0 Å². The Morgan fingerprint density at radius 2 is 1.94 bits per heavy atom. The Hall–Kier alpha value is -1.78. The number of alkyl halides is 1. The van der Waals surface area contributed by atoms with Gasteiger partial charge in [-0.3, -0.25) is 4.90 Å². The highest BCUT2D eigenvalue weighted by molar-refractivity contribution is 8.06. The van der Waals surface area contributed by atoms with E-state index in [0.29, 0.717) is 24.7 Å². The summed E-state index contributed by atoms with van der Waals surface area (Å²) in [4.78, 5) is 4.65. The normalized spacial score (nSPS) is 20.0. The Morgan fingerprint density at radius 3 is 2.61 bits per heavy atom. The molecule has 3 rings (SSSR count). The number of likely N-dealkylation sites (tertiary alicyclic amines) is 1. The molecule has 1 saturated heterocycles. The van der Waals surface area contributed by atoms with Crippen molar-refractivity contribution in [3.63, 3.8) is 0 Å². The zero-order valence-electron chi connectivity index (χ0n) is 20.8. The first-order valence-corrected chi connectivity index (χ1v) is 13.3. The molecule has 0 spiro atoms. The maximum absolute atomic E-state index is 13.4. The second-order valence-electron chi connectivity index (χ2n) is 9.68. The van der Waals surface area contributed by atoms with Crippen LogP contribution in [0.3, 0.4) is 0 Å². The molecule has 33 heavy (non-hydrogen) atoms. The van der Waals surface area contributed by atoms with Crippen LogP contribution in [0.4, 0.5) is 10.1 Å². The molecule has 2 atom stereocenters. The highest BCUT2D eigenvalue weighted by atomic mass is 32.2. The van der Waals surface area contributed by atoms with Gasteiger partial charge in [0.25, 0.3) is 0 Å². The Morgan fingerprint density at radius 1 is 1.21 bits per heavy atom. The quantitative estimate of drug-likeness (QED) is 0.352. The number of nitrogens with zero attached hydrogens (tertiary/aromatic N) is 1. The lowest BCUT2D eigenvalue weighted by molar-refractivity contribution is 0.160. The lowest BCUT2D eigenvalue weighted by atomic mass is 9.84. The minimum absolute atomic E-state index is 0.448. The third kappa shape index (κ3) is 7.10. The van der Waals surface area contributed by atoms with Crippen LogP contribution in [0.25, 0.3) is 6.08 Å². The fraction of sp³-hybridized carbons (Fsp3) is 0.517. The number of nitrogens with one attached hydrogen (secondary N) is 1. The first kappa shape index (κ1) is 25.8. The molecule has 1 heterocycles. The van der Waals surface area contributed by atoms with E-state index in [-0.39, 0.29) is 0 Å². The molecule has 2 unspecified atom stereocenters. The summed E-state index contributed by atoms with van der Waals surface area (Å²) in [5.74, 6) is 1.00. The number of benzene rings is 1. The third-order valence-corrected chi connectivity index (χ3v) is 8.01. The number of fused-ring (bicyclic) bond motifs is 1. The molecule has 1 aliphatic heterocycles. The van der Waals surface area contributed by atoms with Crippen LogP contribution in [0, 0.1) is 11.8 Å². The monoisotopic (exact) mass is 468 g/mol. The summed E-state index contributed by atoms with van der Waals surface area (Å²) in [6.45, 7) is 22.2. The van der Waals surface area contributed by atoms with Gasteiger partial charge in [-0.05, 0) is 77.7 Å². The number of halogens is 1. The molecule has 0 radical (unpaired) electrons. The first-order chi connectivity index (χ1) is 15.8. The van der Waals surface area contributed by atoms with Gasteiger partial charge >= 0.3 is 0 Å². The lowest BCUT2D eigenvalue weighted by Gasteiger charge is -2.29. The van der Waals surface area contributed by atoms with Gasteiger partial charge in [-0.1, -0.05) is 70.8 Å². The van der Waals surface area contributed by atoms with E-state index < -0.39 is 6.17 Å². The SMILES string of the molecule is C=C(CN1CCC(F)CC1)Nc1ccc2c(c1)C=C(C(=C)SC(=C)C(CC)CCC)C(C)C2. The van der Waals surface area contributed by atoms with Gasteiger partial charge in [-0.15, -0.1) is 0 Å². The van der Waals surface area contributed by atoms with E-state index in [2.05, 4.69) is 75.0 Å². The Bertz CT molecular complexity index is 895. The van der Waals surface area contributed by atoms with Gasteiger partial charge in [0.05, 0.1) is 0 Å². The fourth-order valence-electron chi connectivity index (χ4n) is 4.91. The van der Waals surface area contributed by atoms with Gasteiger partial charge in [-0.25, -0.2) is 4.39 Å². The van der Waals surface area contributed by atoms with Crippen molar-refractivity contribution in [3.8, 4) is 0 Å². The lowest BCUT2D eigenvalue weighted by Crippen LogP contribution is -2.36. The fourth-order valence-corrected chi connectivity index (χ4v) is 6.06. The molecule has 0 saturated carbocycles. The molecule has 180 valence electrons. The predicted octanol–water partition coefficient (Wildman–Crippen LogP) is 8.21. The van der Waals surface area contributed by atoms with Crippen LogP contribution in [-0.2, 0) is 6.42 Å². The van der Waals surface area contributed by atoms with E-state index in [9.17, 15) is 4.39 Å². The molecule has 0 aromatic heterocycles. The standard InChI is InChI=1S/C29H41FN2S/c1-7-9-24(8-2)22(5)33-23(6)29-18-26-17-28(11-10-25(26)16-20(29)3)31-21(4)19-32-14-12-27(30)13-15-32/h10-11,17-18,20,24,27,31H,4-9,12-16,19H2,1-3H3. The van der Waals surface area contributed by atoms with Gasteiger partial charge in [0.15, 0.2) is 0 Å². The molecule has 1 aliphatic carbocycles. The van der Waals surface area contributed by atoms with Crippen molar-refractivity contribution in [3.05, 3.63) is 70.1 Å². The predicted molar refractivity (Wildman–Crippen MR) is 145 cm³/mol. The number of hydrogen-bond acceptors (Lipinski definition) is 3. The zero-order valence-corrected chi connectivity index (χ0v) is 21.6. The minimum Gasteiger partial charge on any atom is -0.358 e. The molecular weight excluding hydrogens is 427 g/mol. The summed E-state index contributed by atoms with van der Waals surface area (Å²) < 4.78 is 13.4. The Balaban J connectivity index is 1.66. The topological polar surface area (TPSA) is 15.3 Å². The molecule has 1 aromatic carbocycles. The molecule has 2 nitrogen and oxygen atoms in total. The average molecular weight is 469 g/mol. The number of hydrogen-bond donors (Lipinski definition) is 1. The van der Waals surface area contributed by atoms with Crippen molar-refractivity contribution in [2.24, 2.45) is 11.8 Å². The van der Waals surface area contributed by atoms with E-state index in [1.165, 1.54) is 34.4 Å². The van der Waals surface area contributed by atoms with E-state index in [0.717, 1.165) is 48.8 Å². The highest BCUT2D eigenvalue weighted by Gasteiger charge is 2.22. The van der Waals surface area contributed by atoms with Gasteiger partial charge in [0, 0.05) is 35.9 Å². The van der Waals surface area contributed by atoms with Crippen LogP contribution in [0.15, 0.2) is 59.0 Å². The Labute approximate surface area is 205 Å². The maximum atomic E-state index is 13.4. The minimum atomic E-state index is -0.643. The molecule has 1 aromatic rings. The molecule has 1 N–H and O–H groups in total. The van der Waals surface area contributed by atoms with Gasteiger partial charge in [0.1, 0.15) is 6.17 Å². The molecule has 1 fully saturated rings. The molecule has 0 bridgehead atoms. The van der Waals surface area contributed by atoms with E-state index >= 15 is 0 Å². The van der Waals surface area contributed by atoms with Crippen molar-refractivity contribution >= 4 is 23.5 Å². The van der Waals surface area contributed by atoms with Crippen LogP contribution < -0.4 is 5.32 Å². The number of thioether (sulfide) groups is 1. The second kappa shape index (κ2) is 12.1. The van der Waals surface area contributed by atoms with Crippen LogP contribution in [0.5, 0.6) is 0 Å². The van der Waals surface area contributed by atoms with E-state index in [4.69, 9.17) is 0 Å². The van der Waals surface area contributed by atoms with Crippen LogP contribution in [-0.4, -0.2) is 30.7 Å². The van der Waals surface area contributed by atoms with Crippen LogP contribution in [0.2, 0.25) is 0 Å². The zero-order chi connectivity index (χ0) is 24.0.